The SMILES string of the molecule is COc1ccc(CC(=O)NCc2ccccc2-c2ccc(C)o2)cc1. The lowest BCUT2D eigenvalue weighted by atomic mass is 10.1. The number of rotatable bonds is 6. The van der Waals surface area contributed by atoms with E-state index in [9.17, 15) is 4.79 Å². The van der Waals surface area contributed by atoms with Crippen molar-refractivity contribution in [3.8, 4) is 17.1 Å². The molecule has 0 saturated heterocycles. The Morgan fingerprint density at radius 1 is 1.04 bits per heavy atom. The van der Waals surface area contributed by atoms with E-state index in [4.69, 9.17) is 9.15 Å². The Hall–Kier alpha value is -3.01. The number of hydrogen-bond acceptors (Lipinski definition) is 3. The molecule has 0 saturated carbocycles. The van der Waals surface area contributed by atoms with Gasteiger partial charge in [-0.1, -0.05) is 36.4 Å². The fraction of sp³-hybridized carbons (Fsp3) is 0.190. The highest BCUT2D eigenvalue weighted by molar-refractivity contribution is 5.79. The molecule has 4 nitrogen and oxygen atoms in total. The highest BCUT2D eigenvalue weighted by atomic mass is 16.5. The van der Waals surface area contributed by atoms with Gasteiger partial charge in [-0.25, -0.2) is 0 Å². The number of hydrogen-bond donors (Lipinski definition) is 1. The van der Waals surface area contributed by atoms with Gasteiger partial charge in [0.2, 0.25) is 5.91 Å². The number of methoxy groups -OCH3 is 1. The largest absolute Gasteiger partial charge is 0.497 e. The third-order valence-electron chi connectivity index (χ3n) is 4.02. The fourth-order valence-corrected chi connectivity index (χ4v) is 2.68. The molecule has 0 spiro atoms. The number of carbonyl (C=O) groups is 1. The Labute approximate surface area is 147 Å². The molecule has 4 heteroatoms. The first-order valence-corrected chi connectivity index (χ1v) is 8.20. The average Bonchev–Trinajstić information content (AvgIpc) is 3.07. The summed E-state index contributed by atoms with van der Waals surface area (Å²) in [4.78, 5) is 12.2. The van der Waals surface area contributed by atoms with Gasteiger partial charge in [-0.15, -0.1) is 0 Å². The molecule has 3 aromatic rings. The third-order valence-corrected chi connectivity index (χ3v) is 4.02. The maximum Gasteiger partial charge on any atom is 0.224 e. The van der Waals surface area contributed by atoms with E-state index in [1.54, 1.807) is 7.11 Å². The first-order valence-electron chi connectivity index (χ1n) is 8.20. The van der Waals surface area contributed by atoms with E-state index in [0.717, 1.165) is 34.0 Å². The number of ether oxygens (including phenoxy) is 1. The third kappa shape index (κ3) is 4.29. The predicted octanol–water partition coefficient (Wildman–Crippen LogP) is 4.12. The van der Waals surface area contributed by atoms with Crippen molar-refractivity contribution in [2.24, 2.45) is 0 Å². The Morgan fingerprint density at radius 2 is 1.80 bits per heavy atom. The van der Waals surface area contributed by atoms with Gasteiger partial charge in [-0.05, 0) is 42.3 Å². The summed E-state index contributed by atoms with van der Waals surface area (Å²) in [6.45, 7) is 2.38. The smallest absolute Gasteiger partial charge is 0.224 e. The molecule has 0 aliphatic carbocycles. The molecule has 0 atom stereocenters. The van der Waals surface area contributed by atoms with Gasteiger partial charge in [0.05, 0.1) is 13.5 Å². The Kier molecular flexibility index (Phi) is 5.19. The van der Waals surface area contributed by atoms with Crippen molar-refractivity contribution in [2.75, 3.05) is 7.11 Å². The molecule has 0 fully saturated rings. The molecular weight excluding hydrogens is 314 g/mol. The normalized spacial score (nSPS) is 10.5. The highest BCUT2D eigenvalue weighted by Gasteiger charge is 2.10. The number of furan rings is 1. The molecule has 0 unspecified atom stereocenters. The molecule has 0 aliphatic rings. The van der Waals surface area contributed by atoms with Gasteiger partial charge in [-0.2, -0.15) is 0 Å². The van der Waals surface area contributed by atoms with E-state index >= 15 is 0 Å². The van der Waals surface area contributed by atoms with Crippen LogP contribution in [0.1, 0.15) is 16.9 Å². The zero-order valence-electron chi connectivity index (χ0n) is 14.4. The Morgan fingerprint density at radius 3 is 2.48 bits per heavy atom. The van der Waals surface area contributed by atoms with Crippen LogP contribution in [0.2, 0.25) is 0 Å². The van der Waals surface area contributed by atoms with Crippen LogP contribution < -0.4 is 10.1 Å². The molecule has 2 aromatic carbocycles. The molecule has 1 N–H and O–H groups in total. The monoisotopic (exact) mass is 335 g/mol. The molecule has 0 radical (unpaired) electrons. The lowest BCUT2D eigenvalue weighted by Crippen LogP contribution is -2.24. The van der Waals surface area contributed by atoms with Crippen molar-refractivity contribution in [3.05, 3.63) is 77.6 Å². The molecule has 1 amide bonds. The quantitative estimate of drug-likeness (QED) is 0.737. The second-order valence-corrected chi connectivity index (χ2v) is 5.87. The van der Waals surface area contributed by atoms with Gasteiger partial charge in [0.25, 0.3) is 0 Å². The van der Waals surface area contributed by atoms with E-state index < -0.39 is 0 Å². The van der Waals surface area contributed by atoms with Gasteiger partial charge in [0.1, 0.15) is 17.3 Å². The van der Waals surface area contributed by atoms with Crippen LogP contribution in [-0.4, -0.2) is 13.0 Å². The Bertz CT molecular complexity index is 850. The van der Waals surface area contributed by atoms with Crippen molar-refractivity contribution < 1.29 is 13.9 Å². The number of carbonyl (C=O) groups excluding carboxylic acids is 1. The number of benzene rings is 2. The summed E-state index contributed by atoms with van der Waals surface area (Å²) in [5.74, 6) is 2.45. The van der Waals surface area contributed by atoms with Crippen molar-refractivity contribution in [1.82, 2.24) is 5.32 Å². The van der Waals surface area contributed by atoms with E-state index in [0.29, 0.717) is 13.0 Å². The summed E-state index contributed by atoms with van der Waals surface area (Å²) in [6, 6.07) is 19.3. The molecular formula is C21H21NO3. The standard InChI is InChI=1S/C21H21NO3/c1-15-7-12-20(25-15)19-6-4-3-5-17(19)14-22-21(23)13-16-8-10-18(24-2)11-9-16/h3-12H,13-14H2,1-2H3,(H,22,23). The van der Waals surface area contributed by atoms with E-state index in [1.807, 2.05) is 67.6 Å². The predicted molar refractivity (Wildman–Crippen MR) is 97.4 cm³/mol. The second kappa shape index (κ2) is 7.71. The summed E-state index contributed by atoms with van der Waals surface area (Å²) < 4.78 is 10.8. The summed E-state index contributed by atoms with van der Waals surface area (Å²) in [5, 5.41) is 2.98. The van der Waals surface area contributed by atoms with E-state index in [1.165, 1.54) is 0 Å². The van der Waals surface area contributed by atoms with E-state index in [-0.39, 0.29) is 5.91 Å². The first kappa shape index (κ1) is 16.8. The van der Waals surface area contributed by atoms with Crippen LogP contribution in [0, 0.1) is 6.92 Å². The lowest BCUT2D eigenvalue weighted by molar-refractivity contribution is -0.120. The van der Waals surface area contributed by atoms with Crippen LogP contribution in [0.4, 0.5) is 0 Å². The van der Waals surface area contributed by atoms with Gasteiger partial charge in [0.15, 0.2) is 0 Å². The molecule has 128 valence electrons. The molecule has 25 heavy (non-hydrogen) atoms. The maximum absolute atomic E-state index is 12.2. The van der Waals surface area contributed by atoms with Gasteiger partial charge in [-0.3, -0.25) is 4.79 Å². The molecule has 3 rings (SSSR count). The Balaban J connectivity index is 1.64. The van der Waals surface area contributed by atoms with Crippen molar-refractivity contribution >= 4 is 5.91 Å². The van der Waals surface area contributed by atoms with Crippen LogP contribution in [0.15, 0.2) is 65.1 Å². The van der Waals surface area contributed by atoms with Crippen LogP contribution >= 0.6 is 0 Å². The van der Waals surface area contributed by atoms with E-state index in [2.05, 4.69) is 5.32 Å². The molecule has 0 bridgehead atoms. The molecule has 1 aromatic heterocycles. The number of amides is 1. The van der Waals surface area contributed by atoms with Crippen molar-refractivity contribution in [3.63, 3.8) is 0 Å². The minimum atomic E-state index is -0.0180. The summed E-state index contributed by atoms with van der Waals surface area (Å²) in [5.41, 5.74) is 2.98. The molecule has 1 heterocycles. The summed E-state index contributed by atoms with van der Waals surface area (Å²) in [6.07, 6.45) is 0.339. The highest BCUT2D eigenvalue weighted by Crippen LogP contribution is 2.25. The lowest BCUT2D eigenvalue weighted by Gasteiger charge is -2.09. The van der Waals surface area contributed by atoms with Crippen LogP contribution in [-0.2, 0) is 17.8 Å². The van der Waals surface area contributed by atoms with Crippen LogP contribution in [0.5, 0.6) is 5.75 Å². The maximum atomic E-state index is 12.2. The van der Waals surface area contributed by atoms with Crippen LogP contribution in [0.3, 0.4) is 0 Å². The fourth-order valence-electron chi connectivity index (χ4n) is 2.68. The van der Waals surface area contributed by atoms with Crippen molar-refractivity contribution in [2.45, 2.75) is 19.9 Å². The van der Waals surface area contributed by atoms with Gasteiger partial charge >= 0.3 is 0 Å². The minimum Gasteiger partial charge on any atom is -0.497 e. The zero-order valence-corrected chi connectivity index (χ0v) is 14.4. The van der Waals surface area contributed by atoms with Crippen molar-refractivity contribution in [1.29, 1.82) is 0 Å². The minimum absolute atomic E-state index is 0.0180. The average molecular weight is 335 g/mol. The number of aryl methyl sites for hydroxylation is 1. The summed E-state index contributed by atoms with van der Waals surface area (Å²) in [7, 11) is 1.62. The molecule has 0 aliphatic heterocycles. The second-order valence-electron chi connectivity index (χ2n) is 5.87. The zero-order chi connectivity index (χ0) is 17.6. The van der Waals surface area contributed by atoms with Gasteiger partial charge < -0.3 is 14.5 Å². The summed E-state index contributed by atoms with van der Waals surface area (Å²) >= 11 is 0. The van der Waals surface area contributed by atoms with Gasteiger partial charge in [0, 0.05) is 12.1 Å². The number of nitrogens with one attached hydrogen (secondary N) is 1. The first-order chi connectivity index (χ1) is 12.2. The topological polar surface area (TPSA) is 51.5 Å². The van der Waals surface area contributed by atoms with Crippen LogP contribution in [0.25, 0.3) is 11.3 Å².